The van der Waals surface area contributed by atoms with Gasteiger partial charge in [0.25, 0.3) is 0 Å². The predicted octanol–water partition coefficient (Wildman–Crippen LogP) is 12.6. The lowest BCUT2D eigenvalue weighted by Gasteiger charge is -2.14. The number of benzene rings is 9. The van der Waals surface area contributed by atoms with Crippen molar-refractivity contribution in [3.8, 4) is 39.9 Å². The summed E-state index contributed by atoms with van der Waals surface area (Å²) < 4.78 is 2.38. The third kappa shape index (κ3) is 4.66. The highest BCUT2D eigenvalue weighted by Crippen LogP contribution is 2.38. The van der Waals surface area contributed by atoms with Crippen molar-refractivity contribution in [2.45, 2.75) is 0 Å². The van der Waals surface area contributed by atoms with E-state index in [1.807, 2.05) is 18.2 Å². The van der Waals surface area contributed by atoms with Gasteiger partial charge in [-0.3, -0.25) is 0 Å². The van der Waals surface area contributed by atoms with Gasteiger partial charge >= 0.3 is 0 Å². The average Bonchev–Trinajstić information content (AvgIpc) is 3.57. The second-order valence-electron chi connectivity index (χ2n) is 13.6. The molecule has 0 aliphatic rings. The molecule has 9 aromatic carbocycles. The molecule has 11 rings (SSSR count). The van der Waals surface area contributed by atoms with Crippen LogP contribution >= 0.6 is 0 Å². The van der Waals surface area contributed by atoms with Gasteiger partial charge in [-0.2, -0.15) is 0 Å². The molecule has 4 nitrogen and oxygen atoms in total. The van der Waals surface area contributed by atoms with Crippen LogP contribution in [0.4, 0.5) is 0 Å². The fourth-order valence-corrected chi connectivity index (χ4v) is 8.17. The Morgan fingerprint density at radius 2 is 0.868 bits per heavy atom. The van der Waals surface area contributed by atoms with Crippen LogP contribution in [0.5, 0.6) is 0 Å². The first-order chi connectivity index (χ1) is 26.3. The zero-order valence-corrected chi connectivity index (χ0v) is 28.6. The minimum absolute atomic E-state index is 0.641. The summed E-state index contributed by atoms with van der Waals surface area (Å²) in [5.41, 5.74) is 6.33. The smallest absolute Gasteiger partial charge is 0.164 e. The van der Waals surface area contributed by atoms with Crippen LogP contribution in [-0.4, -0.2) is 19.5 Å². The first kappa shape index (κ1) is 29.5. The van der Waals surface area contributed by atoms with Gasteiger partial charge in [0.15, 0.2) is 17.5 Å². The summed E-state index contributed by atoms with van der Waals surface area (Å²) in [5, 5.41) is 12.0. The molecule has 0 saturated heterocycles. The van der Waals surface area contributed by atoms with Crippen molar-refractivity contribution in [1.82, 2.24) is 19.5 Å². The summed E-state index contributed by atoms with van der Waals surface area (Å²) in [6, 6.07) is 64.5. The lowest BCUT2D eigenvalue weighted by Crippen LogP contribution is -2.01. The van der Waals surface area contributed by atoms with Crippen LogP contribution in [0.15, 0.2) is 182 Å². The third-order valence-corrected chi connectivity index (χ3v) is 10.6. The molecule has 0 spiro atoms. The van der Waals surface area contributed by atoms with Gasteiger partial charge in [0.2, 0.25) is 0 Å². The molecular formula is C49H30N4. The van der Waals surface area contributed by atoms with Gasteiger partial charge in [-0.25, -0.2) is 15.0 Å². The molecule has 11 aromatic rings. The average molecular weight is 675 g/mol. The molecule has 246 valence electrons. The van der Waals surface area contributed by atoms with Crippen molar-refractivity contribution in [3.05, 3.63) is 182 Å². The Hall–Kier alpha value is -7.17. The summed E-state index contributed by atoms with van der Waals surface area (Å²) in [4.78, 5) is 15.6. The highest BCUT2D eigenvalue weighted by Gasteiger charge is 2.18. The van der Waals surface area contributed by atoms with E-state index >= 15 is 0 Å². The predicted molar refractivity (Wildman–Crippen MR) is 220 cm³/mol. The lowest BCUT2D eigenvalue weighted by atomic mass is 9.95. The molecule has 2 aromatic heterocycles. The number of hydrogen-bond acceptors (Lipinski definition) is 3. The van der Waals surface area contributed by atoms with Gasteiger partial charge in [-0.1, -0.05) is 158 Å². The number of para-hydroxylation sites is 2. The quantitative estimate of drug-likeness (QED) is 0.175. The normalized spacial score (nSPS) is 11.8. The van der Waals surface area contributed by atoms with Crippen LogP contribution in [0.25, 0.3) is 105 Å². The summed E-state index contributed by atoms with van der Waals surface area (Å²) in [5.74, 6) is 1.93. The van der Waals surface area contributed by atoms with Gasteiger partial charge in [-0.05, 0) is 62.0 Å². The molecule has 0 unspecified atom stereocenters. The van der Waals surface area contributed by atoms with E-state index in [-0.39, 0.29) is 0 Å². The van der Waals surface area contributed by atoms with E-state index in [1.165, 1.54) is 54.1 Å². The maximum atomic E-state index is 5.26. The largest absolute Gasteiger partial charge is 0.309 e. The maximum absolute atomic E-state index is 5.26. The highest BCUT2D eigenvalue weighted by molar-refractivity contribution is 6.20. The number of rotatable bonds is 4. The van der Waals surface area contributed by atoms with E-state index in [1.54, 1.807) is 0 Å². The monoisotopic (exact) mass is 674 g/mol. The Balaban J connectivity index is 1.15. The SMILES string of the molecule is c1ccc(-c2nc(-c3ccc4ccc5ccc6ccccc6c5c4c3)nc(-c3cccc4c(-n5c6ccccc6c6ccccc65)cccc34)n2)cc1. The van der Waals surface area contributed by atoms with Gasteiger partial charge in [0.1, 0.15) is 0 Å². The highest BCUT2D eigenvalue weighted by atomic mass is 15.0. The first-order valence-corrected chi connectivity index (χ1v) is 18.0. The van der Waals surface area contributed by atoms with E-state index in [4.69, 9.17) is 15.0 Å². The van der Waals surface area contributed by atoms with Crippen LogP contribution in [0, 0.1) is 0 Å². The van der Waals surface area contributed by atoms with Crippen LogP contribution in [0.1, 0.15) is 0 Å². The summed E-state index contributed by atoms with van der Waals surface area (Å²) in [6.45, 7) is 0. The van der Waals surface area contributed by atoms with Crippen LogP contribution < -0.4 is 0 Å². The number of hydrogen-bond donors (Lipinski definition) is 0. The van der Waals surface area contributed by atoms with Gasteiger partial charge in [0.05, 0.1) is 16.7 Å². The maximum Gasteiger partial charge on any atom is 0.164 e. The molecule has 53 heavy (non-hydrogen) atoms. The minimum atomic E-state index is 0.641. The molecule has 0 radical (unpaired) electrons. The minimum Gasteiger partial charge on any atom is -0.309 e. The van der Waals surface area contributed by atoms with E-state index in [0.29, 0.717) is 17.5 Å². The number of fused-ring (bicyclic) bond motifs is 9. The molecule has 0 fully saturated rings. The zero-order valence-electron chi connectivity index (χ0n) is 28.6. The van der Waals surface area contributed by atoms with Crippen molar-refractivity contribution in [2.75, 3.05) is 0 Å². The second-order valence-corrected chi connectivity index (χ2v) is 13.6. The third-order valence-electron chi connectivity index (χ3n) is 10.6. The molecule has 0 atom stereocenters. The standard InChI is InChI=1S/C49H30N4/c1-2-13-34(14-3-1)47-50-48(35-29-26-32-25-28-33-27-24-31-12-4-5-15-36(31)46(33)42(32)30-35)52-49(51-47)41-20-10-19-38-37(41)18-11-23-45(38)53-43-21-8-6-16-39(43)40-17-7-9-22-44(40)53/h1-30H. The van der Waals surface area contributed by atoms with E-state index in [0.717, 1.165) is 33.2 Å². The van der Waals surface area contributed by atoms with Crippen molar-refractivity contribution in [1.29, 1.82) is 0 Å². The molecule has 0 bridgehead atoms. The van der Waals surface area contributed by atoms with Gasteiger partial charge < -0.3 is 4.57 Å². The Kier molecular flexibility index (Phi) is 6.52. The number of nitrogens with zero attached hydrogens (tertiary/aromatic N) is 4. The van der Waals surface area contributed by atoms with E-state index < -0.39 is 0 Å². The number of aromatic nitrogens is 4. The Bertz CT molecular complexity index is 3170. The lowest BCUT2D eigenvalue weighted by molar-refractivity contribution is 1.08. The van der Waals surface area contributed by atoms with Crippen LogP contribution in [-0.2, 0) is 0 Å². The Morgan fingerprint density at radius 1 is 0.321 bits per heavy atom. The molecule has 0 amide bonds. The van der Waals surface area contributed by atoms with Crippen molar-refractivity contribution in [2.24, 2.45) is 0 Å². The fraction of sp³-hybridized carbons (Fsp3) is 0. The van der Waals surface area contributed by atoms with E-state index in [2.05, 4.69) is 168 Å². The molecule has 2 heterocycles. The topological polar surface area (TPSA) is 43.6 Å². The van der Waals surface area contributed by atoms with Crippen LogP contribution in [0.3, 0.4) is 0 Å². The molecule has 0 N–H and O–H groups in total. The van der Waals surface area contributed by atoms with Gasteiger partial charge in [0, 0.05) is 32.8 Å². The van der Waals surface area contributed by atoms with Gasteiger partial charge in [-0.15, -0.1) is 0 Å². The molecule has 0 aliphatic heterocycles. The molecule has 0 aliphatic carbocycles. The fourth-order valence-electron chi connectivity index (χ4n) is 8.17. The first-order valence-electron chi connectivity index (χ1n) is 18.0. The summed E-state index contributed by atoms with van der Waals surface area (Å²) >= 11 is 0. The zero-order chi connectivity index (χ0) is 34.9. The summed E-state index contributed by atoms with van der Waals surface area (Å²) in [6.07, 6.45) is 0. The van der Waals surface area contributed by atoms with Crippen molar-refractivity contribution < 1.29 is 0 Å². The summed E-state index contributed by atoms with van der Waals surface area (Å²) in [7, 11) is 0. The van der Waals surface area contributed by atoms with Crippen molar-refractivity contribution in [3.63, 3.8) is 0 Å². The Labute approximate surface area is 305 Å². The second kappa shape index (κ2) is 11.7. The van der Waals surface area contributed by atoms with Crippen molar-refractivity contribution >= 4 is 64.9 Å². The van der Waals surface area contributed by atoms with Crippen LogP contribution in [0.2, 0.25) is 0 Å². The molecule has 0 saturated carbocycles. The van der Waals surface area contributed by atoms with E-state index in [9.17, 15) is 0 Å². The Morgan fingerprint density at radius 3 is 1.64 bits per heavy atom. The molecule has 4 heteroatoms. The molecular weight excluding hydrogens is 645 g/mol.